The standard InChI is InChI=1S/C18H21N3O2S/c19-8-9-21-17(22)15-6-4-13(5-7-15)12-24-18(23)16-3-1-2-14(10-16)11-20/h1-7,10H,8-9,11-12,19-20H2,(H,21,22). The van der Waals surface area contributed by atoms with Crippen LogP contribution in [0.5, 0.6) is 0 Å². The monoisotopic (exact) mass is 343 g/mol. The van der Waals surface area contributed by atoms with Crippen molar-refractivity contribution in [1.29, 1.82) is 0 Å². The Bertz CT molecular complexity index is 702. The Morgan fingerprint density at radius 2 is 1.71 bits per heavy atom. The van der Waals surface area contributed by atoms with Gasteiger partial charge >= 0.3 is 0 Å². The summed E-state index contributed by atoms with van der Waals surface area (Å²) in [5.74, 6) is 0.408. The molecule has 0 heterocycles. The maximum absolute atomic E-state index is 12.2. The van der Waals surface area contributed by atoms with E-state index in [1.54, 1.807) is 18.2 Å². The first-order valence-electron chi connectivity index (χ1n) is 7.67. The summed E-state index contributed by atoms with van der Waals surface area (Å²) in [6, 6.07) is 14.6. The van der Waals surface area contributed by atoms with Gasteiger partial charge in [-0.1, -0.05) is 42.1 Å². The van der Waals surface area contributed by atoms with Crippen molar-refractivity contribution < 1.29 is 9.59 Å². The molecule has 6 heteroatoms. The minimum Gasteiger partial charge on any atom is -0.351 e. The predicted octanol–water partition coefficient (Wildman–Crippen LogP) is 1.91. The van der Waals surface area contributed by atoms with Crippen LogP contribution in [0.15, 0.2) is 48.5 Å². The summed E-state index contributed by atoms with van der Waals surface area (Å²) >= 11 is 1.23. The lowest BCUT2D eigenvalue weighted by molar-refractivity contribution is 0.0954. The molecule has 24 heavy (non-hydrogen) atoms. The van der Waals surface area contributed by atoms with Crippen LogP contribution in [0.4, 0.5) is 0 Å². The fourth-order valence-electron chi connectivity index (χ4n) is 2.10. The third-order valence-corrected chi connectivity index (χ3v) is 4.39. The lowest BCUT2D eigenvalue weighted by Crippen LogP contribution is -2.28. The molecule has 5 nitrogen and oxygen atoms in total. The van der Waals surface area contributed by atoms with Gasteiger partial charge in [-0.05, 0) is 29.3 Å². The zero-order valence-electron chi connectivity index (χ0n) is 13.3. The van der Waals surface area contributed by atoms with Gasteiger partial charge in [0.15, 0.2) is 0 Å². The summed E-state index contributed by atoms with van der Waals surface area (Å²) < 4.78 is 0. The molecule has 0 saturated carbocycles. The Hall–Kier alpha value is -2.15. The molecule has 0 aliphatic rings. The summed E-state index contributed by atoms with van der Waals surface area (Å²) in [5.41, 5.74) is 14.1. The van der Waals surface area contributed by atoms with Crippen LogP contribution in [0, 0.1) is 0 Å². The van der Waals surface area contributed by atoms with E-state index in [-0.39, 0.29) is 11.0 Å². The second kappa shape index (κ2) is 9.22. The Kier molecular flexibility index (Phi) is 6.99. The smallest absolute Gasteiger partial charge is 0.251 e. The van der Waals surface area contributed by atoms with E-state index < -0.39 is 0 Å². The van der Waals surface area contributed by atoms with Gasteiger partial charge in [-0.3, -0.25) is 9.59 Å². The van der Waals surface area contributed by atoms with Crippen LogP contribution in [0.1, 0.15) is 31.8 Å². The van der Waals surface area contributed by atoms with Gasteiger partial charge < -0.3 is 16.8 Å². The molecular weight excluding hydrogens is 322 g/mol. The molecular formula is C18H21N3O2S. The van der Waals surface area contributed by atoms with Crippen LogP contribution < -0.4 is 16.8 Å². The molecule has 0 aliphatic carbocycles. The summed E-state index contributed by atoms with van der Waals surface area (Å²) in [5, 5.41) is 2.73. The lowest BCUT2D eigenvalue weighted by atomic mass is 10.1. The quantitative estimate of drug-likeness (QED) is 0.713. The molecule has 0 bridgehead atoms. The highest BCUT2D eigenvalue weighted by Gasteiger charge is 2.09. The highest BCUT2D eigenvalue weighted by molar-refractivity contribution is 8.13. The van der Waals surface area contributed by atoms with Crippen LogP contribution in [-0.2, 0) is 12.3 Å². The molecule has 2 aromatic carbocycles. The van der Waals surface area contributed by atoms with Crippen molar-refractivity contribution in [2.45, 2.75) is 12.3 Å². The molecule has 0 aliphatic heterocycles. The molecule has 5 N–H and O–H groups in total. The lowest BCUT2D eigenvalue weighted by Gasteiger charge is -2.06. The third kappa shape index (κ3) is 5.19. The third-order valence-electron chi connectivity index (χ3n) is 3.41. The van der Waals surface area contributed by atoms with Gasteiger partial charge in [-0.2, -0.15) is 0 Å². The molecule has 0 radical (unpaired) electrons. The van der Waals surface area contributed by atoms with Gasteiger partial charge in [0.2, 0.25) is 5.12 Å². The van der Waals surface area contributed by atoms with E-state index in [2.05, 4.69) is 5.32 Å². The molecule has 1 amide bonds. The summed E-state index contributed by atoms with van der Waals surface area (Å²) in [4.78, 5) is 24.0. The van der Waals surface area contributed by atoms with Crippen molar-refractivity contribution in [2.24, 2.45) is 11.5 Å². The number of thioether (sulfide) groups is 1. The molecule has 0 aromatic heterocycles. The van der Waals surface area contributed by atoms with Crippen molar-refractivity contribution in [2.75, 3.05) is 13.1 Å². The summed E-state index contributed by atoms with van der Waals surface area (Å²) in [6.07, 6.45) is 0. The molecule has 0 saturated heterocycles. The minimum atomic E-state index is -0.144. The molecule has 2 aromatic rings. The number of carbonyl (C=O) groups excluding carboxylic acids is 2. The Labute approximate surface area is 145 Å². The Morgan fingerprint density at radius 1 is 0.958 bits per heavy atom. The largest absolute Gasteiger partial charge is 0.351 e. The van der Waals surface area contributed by atoms with Crippen LogP contribution in [0.25, 0.3) is 0 Å². The topological polar surface area (TPSA) is 98.2 Å². The second-order valence-corrected chi connectivity index (χ2v) is 6.17. The molecule has 0 spiro atoms. The first kappa shape index (κ1) is 18.2. The van der Waals surface area contributed by atoms with Gasteiger partial charge in [-0.15, -0.1) is 0 Å². The Balaban J connectivity index is 1.92. The van der Waals surface area contributed by atoms with E-state index in [1.165, 1.54) is 11.8 Å². The number of hydrogen-bond acceptors (Lipinski definition) is 5. The van der Waals surface area contributed by atoms with Crippen molar-refractivity contribution >= 4 is 22.8 Å². The van der Waals surface area contributed by atoms with E-state index in [4.69, 9.17) is 11.5 Å². The zero-order valence-corrected chi connectivity index (χ0v) is 14.1. The van der Waals surface area contributed by atoms with Crippen LogP contribution >= 0.6 is 11.8 Å². The average molecular weight is 343 g/mol. The Morgan fingerprint density at radius 3 is 2.38 bits per heavy atom. The highest BCUT2D eigenvalue weighted by Crippen LogP contribution is 2.19. The minimum absolute atomic E-state index is 0.00932. The maximum atomic E-state index is 12.2. The highest BCUT2D eigenvalue weighted by atomic mass is 32.2. The number of hydrogen-bond donors (Lipinski definition) is 3. The number of nitrogens with one attached hydrogen (secondary N) is 1. The number of nitrogens with two attached hydrogens (primary N) is 2. The van der Waals surface area contributed by atoms with E-state index >= 15 is 0 Å². The first-order valence-corrected chi connectivity index (χ1v) is 8.66. The molecule has 0 atom stereocenters. The van der Waals surface area contributed by atoms with Crippen LogP contribution in [-0.4, -0.2) is 24.1 Å². The SMILES string of the molecule is NCCNC(=O)c1ccc(CSC(=O)c2cccc(CN)c2)cc1. The average Bonchev–Trinajstić information content (AvgIpc) is 2.64. The number of rotatable bonds is 7. The maximum Gasteiger partial charge on any atom is 0.251 e. The van der Waals surface area contributed by atoms with Crippen LogP contribution in [0.2, 0.25) is 0 Å². The number of benzene rings is 2. The van der Waals surface area contributed by atoms with Crippen LogP contribution in [0.3, 0.4) is 0 Å². The van der Waals surface area contributed by atoms with E-state index in [0.29, 0.717) is 36.5 Å². The molecule has 0 unspecified atom stereocenters. The van der Waals surface area contributed by atoms with Gasteiger partial charge in [0.1, 0.15) is 0 Å². The second-order valence-electron chi connectivity index (χ2n) is 5.22. The van der Waals surface area contributed by atoms with Gasteiger partial charge in [0.05, 0.1) is 0 Å². The van der Waals surface area contributed by atoms with Gasteiger partial charge in [0, 0.05) is 36.5 Å². The van der Waals surface area contributed by atoms with E-state index in [0.717, 1.165) is 11.1 Å². The van der Waals surface area contributed by atoms with Crippen molar-refractivity contribution in [1.82, 2.24) is 5.32 Å². The normalized spacial score (nSPS) is 10.4. The fourth-order valence-corrected chi connectivity index (χ4v) is 2.88. The molecule has 0 fully saturated rings. The number of carbonyl (C=O) groups is 2. The number of amides is 1. The summed E-state index contributed by atoms with van der Waals surface area (Å²) in [6.45, 7) is 1.28. The van der Waals surface area contributed by atoms with Gasteiger partial charge in [0.25, 0.3) is 5.91 Å². The fraction of sp³-hybridized carbons (Fsp3) is 0.222. The summed E-state index contributed by atoms with van der Waals surface area (Å²) in [7, 11) is 0. The predicted molar refractivity (Wildman–Crippen MR) is 97.8 cm³/mol. The van der Waals surface area contributed by atoms with Crippen molar-refractivity contribution in [3.63, 3.8) is 0 Å². The van der Waals surface area contributed by atoms with E-state index in [1.807, 2.05) is 30.3 Å². The molecule has 2 rings (SSSR count). The van der Waals surface area contributed by atoms with Crippen molar-refractivity contribution in [3.05, 3.63) is 70.8 Å². The molecule has 126 valence electrons. The van der Waals surface area contributed by atoms with Crippen molar-refractivity contribution in [3.8, 4) is 0 Å². The van der Waals surface area contributed by atoms with E-state index in [9.17, 15) is 9.59 Å². The first-order chi connectivity index (χ1) is 11.6. The zero-order chi connectivity index (χ0) is 17.4. The van der Waals surface area contributed by atoms with Gasteiger partial charge in [-0.25, -0.2) is 0 Å².